The van der Waals surface area contributed by atoms with Gasteiger partial charge in [-0.05, 0) is 135 Å². The highest BCUT2D eigenvalue weighted by atomic mass is 31.2. The number of ether oxygens (including phenoxy) is 3. The molecule has 109 heavy (non-hydrogen) atoms. The largest absolute Gasteiger partial charge is 0.472 e. The van der Waals surface area contributed by atoms with Crippen molar-refractivity contribution in [3.8, 4) is 0 Å². The highest BCUT2D eigenvalue weighted by Gasteiger charge is 2.29. The summed E-state index contributed by atoms with van der Waals surface area (Å²) in [6.45, 7) is 2.39. The molecule has 0 rings (SSSR count). The van der Waals surface area contributed by atoms with Crippen molar-refractivity contribution in [3.63, 3.8) is 0 Å². The molecule has 4 N–H and O–H groups in total. The molecule has 16 nitrogen and oxygen atoms in total. The number of aliphatic hydroxyl groups excluding tert-OH is 2. The SMILES string of the molecule is CC/C=C\C/C=C\C/C=C\C/C=C\C/C=C\CCCCCCCCCCCCCCCCCCCCCC(=O)OCC(O)COP(=O)(O)OCC(O)COP(=O)(O)OCC(COC(=O)CCCCCCCCCCC/C=C\C/C=C\C/C=C\C/C=C\C/C=C\CC)OC(=O)CCCCCCC/C=C\C/C=C\CCC. The fourth-order valence-corrected chi connectivity index (χ4v) is 13.1. The van der Waals surface area contributed by atoms with Crippen LogP contribution in [0.15, 0.2) is 146 Å². The van der Waals surface area contributed by atoms with Crippen molar-refractivity contribution in [2.45, 2.75) is 373 Å². The van der Waals surface area contributed by atoms with Gasteiger partial charge in [0.1, 0.15) is 25.4 Å². The molecule has 0 saturated heterocycles. The molecule has 18 heteroatoms. The number of esters is 3. The van der Waals surface area contributed by atoms with Crippen molar-refractivity contribution in [3.05, 3.63) is 146 Å². The minimum Gasteiger partial charge on any atom is -0.463 e. The first-order chi connectivity index (χ1) is 53.2. The first-order valence-corrected chi connectivity index (χ1v) is 46.1. The average Bonchev–Trinajstić information content (AvgIpc) is 0.905. The van der Waals surface area contributed by atoms with E-state index in [9.17, 15) is 43.5 Å². The Morgan fingerprint density at radius 2 is 0.486 bits per heavy atom. The zero-order chi connectivity index (χ0) is 79.4. The van der Waals surface area contributed by atoms with Crippen LogP contribution in [-0.2, 0) is 55.8 Å². The van der Waals surface area contributed by atoms with Gasteiger partial charge in [0.15, 0.2) is 6.10 Å². The fraction of sp³-hybridized carbons (Fsp3) is 0.703. The maximum atomic E-state index is 13.0. The zero-order valence-electron chi connectivity index (χ0n) is 68.7. The predicted octanol–water partition coefficient (Wildman–Crippen LogP) is 26.0. The number of hydrogen-bond donors (Lipinski definition) is 4. The Hall–Kier alpha value is -4.57. The molecule has 0 aliphatic heterocycles. The van der Waals surface area contributed by atoms with Gasteiger partial charge in [0.2, 0.25) is 0 Å². The van der Waals surface area contributed by atoms with Gasteiger partial charge in [0, 0.05) is 19.3 Å². The number of aliphatic hydroxyl groups is 2. The monoisotopic (exact) mass is 1570 g/mol. The van der Waals surface area contributed by atoms with Gasteiger partial charge >= 0.3 is 33.6 Å². The van der Waals surface area contributed by atoms with Gasteiger partial charge < -0.3 is 34.2 Å². The standard InChI is InChI=1S/C91H156O16P2/c1-4-7-10-13-16-19-22-25-27-29-31-33-35-37-38-39-40-41-42-43-44-45-46-48-50-51-53-55-57-60-62-65-68-71-74-77-89(94)101-80-86(92)81-103-108(97,98)104-82-87(93)83-105-109(99,100)106-85-88(107-91(96)79-76-73-70-67-64-59-24-21-18-15-12-9-6-3)84-102-90(95)78-75-72-69-66-63-61-58-56-54-52-49-47-36-34-32-30-28-26-23-20-17-14-11-8-5-2/h7-8,10-12,15-17,19-21,24-28,31-34,37-38,47,49,86-88,92-93H,4-6,9,13-14,18,22-23,29-30,35-36,39-46,48,50-85H2,1-3H3,(H,97,98)(H,99,100)/b10-7-,11-8-,15-12-,19-16-,20-17-,24-21-,27-25-,28-26-,33-31-,34-32-,38-37-,49-47-. The van der Waals surface area contributed by atoms with E-state index >= 15 is 0 Å². The Morgan fingerprint density at radius 3 is 0.771 bits per heavy atom. The number of unbranched alkanes of at least 4 members (excludes halogenated alkanes) is 34. The summed E-state index contributed by atoms with van der Waals surface area (Å²) in [7, 11) is -9.80. The molecule has 0 bridgehead atoms. The summed E-state index contributed by atoms with van der Waals surface area (Å²) in [5, 5.41) is 20.7. The number of phosphoric ester groups is 2. The van der Waals surface area contributed by atoms with E-state index in [4.69, 9.17) is 32.3 Å². The minimum absolute atomic E-state index is 0.0847. The highest BCUT2D eigenvalue weighted by Crippen LogP contribution is 2.45. The summed E-state index contributed by atoms with van der Waals surface area (Å²) in [4.78, 5) is 58.7. The summed E-state index contributed by atoms with van der Waals surface area (Å²) in [6.07, 6.45) is 103. The molecule has 0 aliphatic carbocycles. The predicted molar refractivity (Wildman–Crippen MR) is 454 cm³/mol. The van der Waals surface area contributed by atoms with E-state index in [2.05, 4.69) is 167 Å². The van der Waals surface area contributed by atoms with Crippen molar-refractivity contribution in [2.24, 2.45) is 0 Å². The fourth-order valence-electron chi connectivity index (χ4n) is 11.5. The number of allylic oxidation sites excluding steroid dienone is 24. The average molecular weight is 1570 g/mol. The van der Waals surface area contributed by atoms with Gasteiger partial charge in [-0.1, -0.05) is 346 Å². The van der Waals surface area contributed by atoms with Crippen molar-refractivity contribution >= 4 is 33.6 Å². The van der Waals surface area contributed by atoms with Crippen LogP contribution in [0.1, 0.15) is 355 Å². The van der Waals surface area contributed by atoms with Gasteiger partial charge in [-0.2, -0.15) is 0 Å². The maximum absolute atomic E-state index is 13.0. The summed E-state index contributed by atoms with van der Waals surface area (Å²) < 4.78 is 61.2. The molecule has 0 radical (unpaired) electrons. The smallest absolute Gasteiger partial charge is 0.463 e. The van der Waals surface area contributed by atoms with Crippen molar-refractivity contribution < 1.29 is 75.8 Å². The summed E-state index contributed by atoms with van der Waals surface area (Å²) in [6, 6.07) is 0. The summed E-state index contributed by atoms with van der Waals surface area (Å²) >= 11 is 0. The Kier molecular flexibility index (Phi) is 79.4. The van der Waals surface area contributed by atoms with Crippen molar-refractivity contribution in [1.82, 2.24) is 0 Å². The molecule has 0 spiro atoms. The molecular formula is C91H156O16P2. The zero-order valence-corrected chi connectivity index (χ0v) is 70.5. The lowest BCUT2D eigenvalue weighted by Gasteiger charge is -2.21. The number of phosphoric acid groups is 2. The number of carbonyl (C=O) groups is 3. The van der Waals surface area contributed by atoms with Crippen LogP contribution in [0.5, 0.6) is 0 Å². The third-order valence-corrected chi connectivity index (χ3v) is 19.9. The van der Waals surface area contributed by atoms with E-state index in [1.54, 1.807) is 0 Å². The highest BCUT2D eigenvalue weighted by molar-refractivity contribution is 7.47. The van der Waals surface area contributed by atoms with Gasteiger partial charge in [-0.15, -0.1) is 0 Å². The van der Waals surface area contributed by atoms with Gasteiger partial charge in [-0.3, -0.25) is 32.5 Å². The Bertz CT molecular complexity index is 2560. The molecule has 0 aromatic carbocycles. The molecule has 0 fully saturated rings. The quantitative estimate of drug-likeness (QED) is 0.0146. The van der Waals surface area contributed by atoms with E-state index in [-0.39, 0.29) is 19.3 Å². The Labute approximate surface area is 664 Å². The van der Waals surface area contributed by atoms with Crippen LogP contribution in [0.25, 0.3) is 0 Å². The van der Waals surface area contributed by atoms with E-state index < -0.39 is 91.5 Å². The van der Waals surface area contributed by atoms with Crippen LogP contribution in [0.2, 0.25) is 0 Å². The molecule has 626 valence electrons. The maximum Gasteiger partial charge on any atom is 0.472 e. The van der Waals surface area contributed by atoms with Crippen molar-refractivity contribution in [2.75, 3.05) is 39.6 Å². The lowest BCUT2D eigenvalue weighted by molar-refractivity contribution is -0.161. The number of hydrogen-bond acceptors (Lipinski definition) is 14. The third-order valence-electron chi connectivity index (χ3n) is 18.0. The number of rotatable bonds is 81. The van der Waals surface area contributed by atoms with Crippen LogP contribution in [0.4, 0.5) is 0 Å². The molecule has 0 heterocycles. The first-order valence-electron chi connectivity index (χ1n) is 43.1. The molecule has 0 saturated carbocycles. The lowest BCUT2D eigenvalue weighted by Crippen LogP contribution is -2.30. The Balaban J connectivity index is 4.39. The van der Waals surface area contributed by atoms with E-state index in [0.29, 0.717) is 19.3 Å². The normalized spacial score (nSPS) is 14.6. The van der Waals surface area contributed by atoms with Crippen LogP contribution in [0.3, 0.4) is 0 Å². The summed E-state index contributed by atoms with van der Waals surface area (Å²) in [5.41, 5.74) is 0. The first kappa shape index (κ1) is 104. The lowest BCUT2D eigenvalue weighted by atomic mass is 10.0. The number of carbonyl (C=O) groups excluding carboxylic acids is 3. The van der Waals surface area contributed by atoms with Crippen LogP contribution in [0, 0.1) is 0 Å². The molecule has 0 aromatic heterocycles. The molecule has 0 aromatic rings. The molecule has 5 unspecified atom stereocenters. The second-order valence-corrected chi connectivity index (χ2v) is 31.5. The van der Waals surface area contributed by atoms with E-state index in [1.165, 1.54) is 128 Å². The third kappa shape index (κ3) is 84.2. The minimum atomic E-state index is -4.94. The summed E-state index contributed by atoms with van der Waals surface area (Å²) in [5.74, 6) is -1.59. The Morgan fingerprint density at radius 1 is 0.266 bits per heavy atom. The van der Waals surface area contributed by atoms with E-state index in [0.717, 1.165) is 167 Å². The van der Waals surface area contributed by atoms with Gasteiger partial charge in [0.05, 0.1) is 26.4 Å². The molecule has 5 atom stereocenters. The van der Waals surface area contributed by atoms with Crippen LogP contribution >= 0.6 is 15.6 Å². The van der Waals surface area contributed by atoms with Gasteiger partial charge in [-0.25, -0.2) is 9.13 Å². The van der Waals surface area contributed by atoms with E-state index in [1.807, 2.05) is 0 Å². The molecule has 0 aliphatic rings. The molecule has 0 amide bonds. The van der Waals surface area contributed by atoms with Crippen LogP contribution < -0.4 is 0 Å². The second-order valence-electron chi connectivity index (χ2n) is 28.6. The second kappa shape index (κ2) is 82.9. The van der Waals surface area contributed by atoms with Crippen molar-refractivity contribution in [1.29, 1.82) is 0 Å². The van der Waals surface area contributed by atoms with Crippen LogP contribution in [-0.4, -0.2) is 95.9 Å². The molecular weight excluding hydrogens is 1410 g/mol. The van der Waals surface area contributed by atoms with Gasteiger partial charge in [0.25, 0.3) is 0 Å². The topological polar surface area (TPSA) is 231 Å².